The van der Waals surface area contributed by atoms with E-state index in [2.05, 4.69) is 0 Å². The third kappa shape index (κ3) is 6.53. The molecule has 0 amide bonds. The third-order valence-electron chi connectivity index (χ3n) is 3.68. The molecule has 3 N–H and O–H groups in total. The number of hydrogen-bond donors (Lipinski definition) is 2. The van der Waals surface area contributed by atoms with Gasteiger partial charge in [0.15, 0.2) is 0 Å². The summed E-state index contributed by atoms with van der Waals surface area (Å²) in [6, 6.07) is 10.4. The number of primary sulfonamides is 1. The Balaban J connectivity index is 1.93. The quantitative estimate of drug-likeness (QED) is 0.377. The average Bonchev–Trinajstić information content (AvgIpc) is 2.69. The zero-order valence-electron chi connectivity index (χ0n) is 15.7. The first-order valence-corrected chi connectivity index (χ1v) is 14.6. The molecular formula is C18H23NO6SSeTe. The first-order valence-electron chi connectivity index (χ1n) is 8.15. The van der Waals surface area contributed by atoms with Crippen molar-refractivity contribution in [3.05, 3.63) is 36.4 Å². The van der Waals surface area contributed by atoms with Gasteiger partial charge in [-0.2, -0.15) is 0 Å². The molecule has 0 bridgehead atoms. The molecule has 1 atom stereocenters. The van der Waals surface area contributed by atoms with Crippen molar-refractivity contribution in [1.29, 1.82) is 0 Å². The van der Waals surface area contributed by atoms with E-state index in [9.17, 15) is 13.5 Å². The number of nitrogens with two attached hydrogens (primary N) is 1. The predicted molar refractivity (Wildman–Crippen MR) is 110 cm³/mol. The van der Waals surface area contributed by atoms with Gasteiger partial charge in [0.25, 0.3) is 0 Å². The van der Waals surface area contributed by atoms with Crippen molar-refractivity contribution < 1.29 is 27.7 Å². The molecule has 0 saturated carbocycles. The standard InChI is InChI=1S/C18H23NO6SSeTe/c1-23-16-8-15(9-17(24-2)18(16)25-3)28-11-12(20)10-27-14-6-4-13(5-7-14)26(19,21)22/h4-9,12,20H,10-11H2,1-3H3,(H2,19,21,22)/t12-/m1/s1. The molecule has 0 saturated heterocycles. The molecule has 0 unspecified atom stereocenters. The van der Waals surface area contributed by atoms with Crippen molar-refractivity contribution in [2.45, 2.75) is 20.8 Å². The Labute approximate surface area is 181 Å². The summed E-state index contributed by atoms with van der Waals surface area (Å²) in [7, 11) is 1.06. The Morgan fingerprint density at radius 3 is 2.11 bits per heavy atom. The van der Waals surface area contributed by atoms with E-state index in [1.54, 1.807) is 33.5 Å². The summed E-state index contributed by atoms with van der Waals surface area (Å²) in [5.41, 5.74) is 0. The Morgan fingerprint density at radius 1 is 1.07 bits per heavy atom. The van der Waals surface area contributed by atoms with Crippen LogP contribution in [0.25, 0.3) is 0 Å². The Bertz CT molecular complexity index is 866. The number of ether oxygens (including phenoxy) is 3. The fraction of sp³-hybridized carbons (Fsp3) is 0.333. The zero-order valence-corrected chi connectivity index (χ0v) is 20.6. The van der Waals surface area contributed by atoms with E-state index in [0.29, 0.717) is 22.6 Å². The molecule has 0 aliphatic heterocycles. The van der Waals surface area contributed by atoms with E-state index < -0.39 is 37.1 Å². The van der Waals surface area contributed by atoms with Gasteiger partial charge in [-0.15, -0.1) is 0 Å². The first kappa shape index (κ1) is 23.3. The molecule has 0 heterocycles. The zero-order chi connectivity index (χ0) is 20.7. The molecule has 0 radical (unpaired) electrons. The fourth-order valence-corrected chi connectivity index (χ4v) is 8.12. The maximum atomic E-state index is 11.3. The van der Waals surface area contributed by atoms with Crippen molar-refractivity contribution >= 4 is 54.0 Å². The van der Waals surface area contributed by atoms with Crippen LogP contribution in [0.15, 0.2) is 41.3 Å². The number of aliphatic hydroxyl groups is 1. The number of methoxy groups -OCH3 is 3. The minimum atomic E-state index is -3.67. The molecular weight excluding hydrogens is 565 g/mol. The molecule has 0 fully saturated rings. The second-order valence-corrected chi connectivity index (χ2v) is 12.6. The van der Waals surface area contributed by atoms with Crippen LogP contribution in [-0.4, -0.2) is 76.8 Å². The summed E-state index contributed by atoms with van der Waals surface area (Å²) in [6.45, 7) is 0. The number of aliphatic hydroxyl groups excluding tert-OH is 1. The molecule has 7 nitrogen and oxygen atoms in total. The van der Waals surface area contributed by atoms with Gasteiger partial charge in [0, 0.05) is 0 Å². The van der Waals surface area contributed by atoms with Gasteiger partial charge in [0.1, 0.15) is 0 Å². The molecule has 2 aromatic carbocycles. The third-order valence-corrected chi connectivity index (χ3v) is 10.2. The summed E-state index contributed by atoms with van der Waals surface area (Å²) in [6.07, 6.45) is -0.403. The average molecular weight is 588 g/mol. The summed E-state index contributed by atoms with van der Waals surface area (Å²) in [4.78, 5) is 0.0990. The van der Waals surface area contributed by atoms with Crippen LogP contribution in [0.5, 0.6) is 17.2 Å². The van der Waals surface area contributed by atoms with E-state index in [4.69, 9.17) is 19.3 Å². The van der Waals surface area contributed by atoms with Crippen LogP contribution in [0.1, 0.15) is 0 Å². The summed E-state index contributed by atoms with van der Waals surface area (Å²) in [5, 5.41) is 16.1. The Morgan fingerprint density at radius 2 is 1.64 bits per heavy atom. The van der Waals surface area contributed by atoms with E-state index >= 15 is 0 Å². The number of hydrogen-bond acceptors (Lipinski definition) is 6. The van der Waals surface area contributed by atoms with Crippen molar-refractivity contribution in [1.82, 2.24) is 0 Å². The van der Waals surface area contributed by atoms with E-state index in [1.807, 2.05) is 12.1 Å². The summed E-state index contributed by atoms with van der Waals surface area (Å²) in [5.74, 6) is 1.80. The predicted octanol–water partition coefficient (Wildman–Crippen LogP) is -0.0835. The van der Waals surface area contributed by atoms with Gasteiger partial charge in [-0.1, -0.05) is 0 Å². The maximum absolute atomic E-state index is 11.3. The number of rotatable bonds is 10. The van der Waals surface area contributed by atoms with Crippen molar-refractivity contribution in [3.8, 4) is 17.2 Å². The molecule has 0 aliphatic rings. The molecule has 28 heavy (non-hydrogen) atoms. The van der Waals surface area contributed by atoms with Gasteiger partial charge >= 0.3 is 183 Å². The fourth-order valence-electron chi connectivity index (χ4n) is 2.30. The molecule has 0 spiro atoms. The van der Waals surface area contributed by atoms with E-state index in [-0.39, 0.29) is 19.9 Å². The van der Waals surface area contributed by atoms with Gasteiger partial charge in [0.2, 0.25) is 0 Å². The van der Waals surface area contributed by atoms with Gasteiger partial charge < -0.3 is 0 Å². The normalized spacial score (nSPS) is 12.5. The Hall–Kier alpha value is -0.981. The van der Waals surface area contributed by atoms with Gasteiger partial charge in [-0.25, -0.2) is 0 Å². The number of benzene rings is 2. The van der Waals surface area contributed by atoms with Crippen LogP contribution in [0, 0.1) is 0 Å². The first-order chi connectivity index (χ1) is 13.3. The number of sulfonamides is 1. The van der Waals surface area contributed by atoms with E-state index in [1.165, 1.54) is 12.1 Å². The van der Waals surface area contributed by atoms with Gasteiger partial charge in [-0.05, 0) is 0 Å². The van der Waals surface area contributed by atoms with Crippen LogP contribution < -0.4 is 27.4 Å². The van der Waals surface area contributed by atoms with Gasteiger partial charge in [0.05, 0.1) is 0 Å². The molecule has 2 rings (SSSR count). The second-order valence-electron chi connectivity index (χ2n) is 5.65. The molecule has 0 aromatic heterocycles. The van der Waals surface area contributed by atoms with Gasteiger partial charge in [-0.3, -0.25) is 0 Å². The van der Waals surface area contributed by atoms with Crippen LogP contribution in [0.2, 0.25) is 9.79 Å². The van der Waals surface area contributed by atoms with Crippen molar-refractivity contribution in [3.63, 3.8) is 0 Å². The monoisotopic (exact) mass is 591 g/mol. The SMILES string of the molecule is COc1cc([Te]C[C@H](O)C[Se]c2ccc(S(N)(=O)=O)cc2)cc(OC)c1OC. The second kappa shape index (κ2) is 10.7. The van der Waals surface area contributed by atoms with E-state index in [0.717, 1.165) is 12.5 Å². The minimum absolute atomic E-state index is 0.0541. The molecule has 0 aliphatic carbocycles. The van der Waals surface area contributed by atoms with Crippen molar-refractivity contribution in [2.24, 2.45) is 5.14 Å². The van der Waals surface area contributed by atoms with Crippen molar-refractivity contribution in [2.75, 3.05) is 21.3 Å². The molecule has 10 heteroatoms. The van der Waals surface area contributed by atoms with Crippen LogP contribution >= 0.6 is 0 Å². The molecule has 2 aromatic rings. The van der Waals surface area contributed by atoms with Crippen LogP contribution in [0.4, 0.5) is 0 Å². The Kier molecular flexibility index (Phi) is 8.90. The van der Waals surface area contributed by atoms with Crippen LogP contribution in [-0.2, 0) is 10.0 Å². The summed E-state index contributed by atoms with van der Waals surface area (Å²) < 4.78 is 41.5. The molecule has 154 valence electrons. The topological polar surface area (TPSA) is 108 Å². The van der Waals surface area contributed by atoms with Crippen LogP contribution in [0.3, 0.4) is 0 Å². The summed E-state index contributed by atoms with van der Waals surface area (Å²) >= 11 is -0.578.